The molecule has 3 nitrogen and oxygen atoms in total. The standard InChI is InChI=1S/C16H28N2O/c1-4-7-17-11-16-10-15(14(3)19-16)12-18-8-5-13(2)6-9-18/h10,13,17H,4-9,11-12H2,1-3H3. The summed E-state index contributed by atoms with van der Waals surface area (Å²) in [4.78, 5) is 2.56. The van der Waals surface area contributed by atoms with Gasteiger partial charge in [-0.15, -0.1) is 0 Å². The molecule has 0 unspecified atom stereocenters. The average molecular weight is 264 g/mol. The van der Waals surface area contributed by atoms with Crippen molar-refractivity contribution in [2.24, 2.45) is 5.92 Å². The first-order valence-electron chi connectivity index (χ1n) is 7.70. The lowest BCUT2D eigenvalue weighted by Gasteiger charge is -2.29. The third kappa shape index (κ3) is 4.36. The minimum absolute atomic E-state index is 0.853. The smallest absolute Gasteiger partial charge is 0.118 e. The Balaban J connectivity index is 1.86. The van der Waals surface area contributed by atoms with Gasteiger partial charge in [-0.1, -0.05) is 13.8 Å². The summed E-state index contributed by atoms with van der Waals surface area (Å²) >= 11 is 0. The fourth-order valence-electron chi connectivity index (χ4n) is 2.68. The fourth-order valence-corrected chi connectivity index (χ4v) is 2.68. The number of nitrogens with zero attached hydrogens (tertiary/aromatic N) is 1. The minimum Gasteiger partial charge on any atom is -0.465 e. The third-order valence-corrected chi connectivity index (χ3v) is 4.07. The predicted molar refractivity (Wildman–Crippen MR) is 79.1 cm³/mol. The molecule has 3 heteroatoms. The van der Waals surface area contributed by atoms with E-state index in [1.54, 1.807) is 0 Å². The molecule has 1 N–H and O–H groups in total. The lowest BCUT2D eigenvalue weighted by atomic mass is 9.99. The zero-order valence-electron chi connectivity index (χ0n) is 12.7. The molecule has 0 spiro atoms. The molecule has 1 aromatic heterocycles. The zero-order valence-corrected chi connectivity index (χ0v) is 12.7. The molecule has 2 heterocycles. The van der Waals surface area contributed by atoms with Gasteiger partial charge < -0.3 is 9.73 Å². The number of aryl methyl sites for hydroxylation is 1. The van der Waals surface area contributed by atoms with Crippen LogP contribution in [0.1, 0.15) is 50.2 Å². The number of likely N-dealkylation sites (tertiary alicyclic amines) is 1. The first-order valence-corrected chi connectivity index (χ1v) is 7.70. The van der Waals surface area contributed by atoms with Crippen LogP contribution in [-0.4, -0.2) is 24.5 Å². The molecular weight excluding hydrogens is 236 g/mol. The summed E-state index contributed by atoms with van der Waals surface area (Å²) in [6.07, 6.45) is 3.84. The van der Waals surface area contributed by atoms with Crippen LogP contribution < -0.4 is 5.32 Å². The van der Waals surface area contributed by atoms with Gasteiger partial charge in [-0.05, 0) is 57.8 Å². The van der Waals surface area contributed by atoms with Crippen LogP contribution in [0.2, 0.25) is 0 Å². The molecule has 0 aromatic carbocycles. The number of nitrogens with one attached hydrogen (secondary N) is 1. The Morgan fingerprint density at radius 3 is 2.79 bits per heavy atom. The fraction of sp³-hybridized carbons (Fsp3) is 0.750. The molecule has 0 saturated carbocycles. The molecule has 2 rings (SSSR count). The van der Waals surface area contributed by atoms with E-state index in [0.29, 0.717) is 0 Å². The maximum Gasteiger partial charge on any atom is 0.118 e. The number of furan rings is 1. The first kappa shape index (κ1) is 14.6. The quantitative estimate of drug-likeness (QED) is 0.799. The number of piperidine rings is 1. The molecule has 1 aliphatic rings. The van der Waals surface area contributed by atoms with E-state index >= 15 is 0 Å². The molecule has 108 valence electrons. The molecule has 0 radical (unpaired) electrons. The summed E-state index contributed by atoms with van der Waals surface area (Å²) in [5, 5.41) is 3.39. The Kier molecular flexibility index (Phi) is 5.46. The van der Waals surface area contributed by atoms with E-state index in [2.05, 4.69) is 37.1 Å². The van der Waals surface area contributed by atoms with Crippen molar-refractivity contribution in [2.75, 3.05) is 19.6 Å². The van der Waals surface area contributed by atoms with E-state index in [4.69, 9.17) is 4.42 Å². The van der Waals surface area contributed by atoms with Crippen molar-refractivity contribution in [2.45, 2.75) is 53.1 Å². The van der Waals surface area contributed by atoms with Gasteiger partial charge in [-0.2, -0.15) is 0 Å². The molecule has 1 fully saturated rings. The third-order valence-electron chi connectivity index (χ3n) is 4.07. The van der Waals surface area contributed by atoms with Gasteiger partial charge in [0.2, 0.25) is 0 Å². The van der Waals surface area contributed by atoms with Crippen molar-refractivity contribution in [3.8, 4) is 0 Å². The Bertz CT molecular complexity index is 378. The summed E-state index contributed by atoms with van der Waals surface area (Å²) in [5.41, 5.74) is 1.36. The van der Waals surface area contributed by atoms with Crippen LogP contribution >= 0.6 is 0 Å². The van der Waals surface area contributed by atoms with Crippen LogP contribution in [0.5, 0.6) is 0 Å². The lowest BCUT2D eigenvalue weighted by Crippen LogP contribution is -2.32. The highest BCUT2D eigenvalue weighted by Gasteiger charge is 2.17. The van der Waals surface area contributed by atoms with Gasteiger partial charge in [0.15, 0.2) is 0 Å². The average Bonchev–Trinajstić information content (AvgIpc) is 2.73. The van der Waals surface area contributed by atoms with Gasteiger partial charge in [0.1, 0.15) is 11.5 Å². The summed E-state index contributed by atoms with van der Waals surface area (Å²) in [6.45, 7) is 12.1. The molecule has 0 amide bonds. The van der Waals surface area contributed by atoms with Gasteiger partial charge in [0.25, 0.3) is 0 Å². The van der Waals surface area contributed by atoms with Crippen LogP contribution in [0.3, 0.4) is 0 Å². The molecule has 0 bridgehead atoms. The summed E-state index contributed by atoms with van der Waals surface area (Å²) in [5.74, 6) is 3.06. The van der Waals surface area contributed by atoms with Crippen LogP contribution in [0, 0.1) is 12.8 Å². The Labute approximate surface area is 117 Å². The predicted octanol–water partition coefficient (Wildman–Crippen LogP) is 3.32. The highest BCUT2D eigenvalue weighted by atomic mass is 16.3. The topological polar surface area (TPSA) is 28.4 Å². The van der Waals surface area contributed by atoms with Gasteiger partial charge in [-0.25, -0.2) is 0 Å². The van der Waals surface area contributed by atoms with Crippen molar-refractivity contribution in [3.63, 3.8) is 0 Å². The van der Waals surface area contributed by atoms with Crippen molar-refractivity contribution in [3.05, 3.63) is 23.2 Å². The van der Waals surface area contributed by atoms with E-state index in [-0.39, 0.29) is 0 Å². The molecule has 0 aliphatic carbocycles. The van der Waals surface area contributed by atoms with Crippen LogP contribution in [0.4, 0.5) is 0 Å². The Morgan fingerprint density at radius 2 is 2.11 bits per heavy atom. The van der Waals surface area contributed by atoms with Crippen molar-refractivity contribution < 1.29 is 4.42 Å². The van der Waals surface area contributed by atoms with E-state index < -0.39 is 0 Å². The Morgan fingerprint density at radius 1 is 1.37 bits per heavy atom. The van der Waals surface area contributed by atoms with Crippen LogP contribution in [0.25, 0.3) is 0 Å². The molecule has 1 aliphatic heterocycles. The lowest BCUT2D eigenvalue weighted by molar-refractivity contribution is 0.184. The van der Waals surface area contributed by atoms with E-state index in [1.165, 1.54) is 37.9 Å². The van der Waals surface area contributed by atoms with Crippen molar-refractivity contribution in [1.82, 2.24) is 10.2 Å². The van der Waals surface area contributed by atoms with Gasteiger partial charge in [0, 0.05) is 12.1 Å². The number of hydrogen-bond donors (Lipinski definition) is 1. The summed E-state index contributed by atoms with van der Waals surface area (Å²) in [6, 6.07) is 2.23. The second-order valence-corrected chi connectivity index (χ2v) is 5.93. The maximum atomic E-state index is 5.83. The SMILES string of the molecule is CCCNCc1cc(CN2CCC(C)CC2)c(C)o1. The van der Waals surface area contributed by atoms with Crippen molar-refractivity contribution >= 4 is 0 Å². The number of hydrogen-bond acceptors (Lipinski definition) is 3. The van der Waals surface area contributed by atoms with Crippen LogP contribution in [0.15, 0.2) is 10.5 Å². The molecule has 1 aromatic rings. The summed E-state index contributed by atoms with van der Waals surface area (Å²) < 4.78 is 5.83. The highest BCUT2D eigenvalue weighted by molar-refractivity contribution is 5.20. The second kappa shape index (κ2) is 7.11. The van der Waals surface area contributed by atoms with Crippen LogP contribution in [-0.2, 0) is 13.1 Å². The molecule has 1 saturated heterocycles. The second-order valence-electron chi connectivity index (χ2n) is 5.93. The minimum atomic E-state index is 0.853. The first-order chi connectivity index (χ1) is 9.19. The Hall–Kier alpha value is -0.800. The summed E-state index contributed by atoms with van der Waals surface area (Å²) in [7, 11) is 0. The van der Waals surface area contributed by atoms with E-state index in [1.807, 2.05) is 0 Å². The molecule has 0 atom stereocenters. The van der Waals surface area contributed by atoms with Crippen molar-refractivity contribution in [1.29, 1.82) is 0 Å². The highest BCUT2D eigenvalue weighted by Crippen LogP contribution is 2.21. The maximum absolute atomic E-state index is 5.83. The normalized spacial score (nSPS) is 18.1. The molecule has 19 heavy (non-hydrogen) atoms. The zero-order chi connectivity index (χ0) is 13.7. The number of rotatable bonds is 6. The monoisotopic (exact) mass is 264 g/mol. The largest absolute Gasteiger partial charge is 0.465 e. The van der Waals surface area contributed by atoms with E-state index in [9.17, 15) is 0 Å². The molecular formula is C16H28N2O. The van der Waals surface area contributed by atoms with E-state index in [0.717, 1.165) is 37.1 Å². The van der Waals surface area contributed by atoms with Gasteiger partial charge >= 0.3 is 0 Å². The van der Waals surface area contributed by atoms with Gasteiger partial charge in [0.05, 0.1) is 6.54 Å². The van der Waals surface area contributed by atoms with Gasteiger partial charge in [-0.3, -0.25) is 4.90 Å².